The second kappa shape index (κ2) is 6.28. The summed E-state index contributed by atoms with van der Waals surface area (Å²) in [6.07, 6.45) is 2.57. The van der Waals surface area contributed by atoms with Gasteiger partial charge in [-0.2, -0.15) is 11.8 Å². The maximum atomic E-state index is 12.2. The highest BCUT2D eigenvalue weighted by atomic mass is 32.2. The molecule has 0 unspecified atom stereocenters. The minimum atomic E-state index is 0.0425. The van der Waals surface area contributed by atoms with E-state index < -0.39 is 0 Å². The zero-order valence-corrected chi connectivity index (χ0v) is 12.7. The summed E-state index contributed by atoms with van der Waals surface area (Å²) in [6.45, 7) is 6.43. The van der Waals surface area contributed by atoms with E-state index in [0.29, 0.717) is 17.7 Å². The van der Waals surface area contributed by atoms with Crippen LogP contribution in [-0.2, 0) is 5.41 Å². The number of ether oxygens (including phenoxy) is 1. The molecule has 0 aromatic heterocycles. The fraction of sp³-hybridized carbons (Fsp3) is 0.533. The first kappa shape index (κ1) is 15.1. The molecule has 0 N–H and O–H groups in total. The predicted octanol–water partition coefficient (Wildman–Crippen LogP) is 3.93. The smallest absolute Gasteiger partial charge is 0.167 e. The lowest BCUT2D eigenvalue weighted by Crippen LogP contribution is -2.13. The molecule has 0 aliphatic heterocycles. The Bertz CT molecular complexity index is 419. The molecule has 2 nitrogen and oxygen atoms in total. The molecule has 0 atom stereocenters. The molecule has 0 bridgehead atoms. The Labute approximate surface area is 114 Å². The number of methoxy groups -OCH3 is 1. The molecule has 0 fully saturated rings. The molecule has 0 aliphatic rings. The van der Waals surface area contributed by atoms with E-state index in [4.69, 9.17) is 4.74 Å². The number of carbonyl (C=O) groups is 1. The van der Waals surface area contributed by atoms with Gasteiger partial charge < -0.3 is 4.74 Å². The lowest BCUT2D eigenvalue weighted by atomic mass is 9.85. The highest BCUT2D eigenvalue weighted by molar-refractivity contribution is 7.98. The molecule has 1 aromatic carbocycles. The molecule has 3 heteroatoms. The summed E-state index contributed by atoms with van der Waals surface area (Å²) >= 11 is 1.69. The molecule has 1 rings (SSSR count). The molecule has 0 radical (unpaired) electrons. The number of thioether (sulfide) groups is 1. The third-order valence-electron chi connectivity index (χ3n) is 2.90. The quantitative estimate of drug-likeness (QED) is 0.755. The van der Waals surface area contributed by atoms with Gasteiger partial charge in [0.05, 0.1) is 12.7 Å². The van der Waals surface area contributed by atoms with Gasteiger partial charge in [-0.05, 0) is 29.4 Å². The van der Waals surface area contributed by atoms with Gasteiger partial charge >= 0.3 is 0 Å². The average molecular weight is 266 g/mol. The first-order chi connectivity index (χ1) is 8.40. The molecule has 0 amide bonds. The lowest BCUT2D eigenvalue weighted by molar-refractivity contribution is 0.0986. The second-order valence-electron chi connectivity index (χ2n) is 5.33. The van der Waals surface area contributed by atoms with Gasteiger partial charge in [0, 0.05) is 12.2 Å². The lowest BCUT2D eigenvalue weighted by Gasteiger charge is -2.20. The zero-order valence-electron chi connectivity index (χ0n) is 11.9. The van der Waals surface area contributed by atoms with Crippen molar-refractivity contribution in [3.63, 3.8) is 0 Å². The van der Waals surface area contributed by atoms with Crippen LogP contribution in [0.5, 0.6) is 5.75 Å². The molecule has 100 valence electrons. The average Bonchev–Trinajstić information content (AvgIpc) is 2.34. The number of benzene rings is 1. The summed E-state index contributed by atoms with van der Waals surface area (Å²) in [5.41, 5.74) is 1.91. The van der Waals surface area contributed by atoms with Crippen LogP contribution in [0.3, 0.4) is 0 Å². The summed E-state index contributed by atoms with van der Waals surface area (Å²) in [5.74, 6) is 1.68. The molecule has 0 aliphatic carbocycles. The summed E-state index contributed by atoms with van der Waals surface area (Å²) < 4.78 is 5.29. The number of rotatable bonds is 5. The third kappa shape index (κ3) is 3.77. The Balaban J connectivity index is 3.10. The van der Waals surface area contributed by atoms with Crippen molar-refractivity contribution in [3.8, 4) is 5.75 Å². The Morgan fingerprint density at radius 2 is 2.00 bits per heavy atom. The van der Waals surface area contributed by atoms with Gasteiger partial charge in [0.2, 0.25) is 0 Å². The van der Waals surface area contributed by atoms with Crippen LogP contribution < -0.4 is 4.74 Å². The van der Waals surface area contributed by atoms with Crippen molar-refractivity contribution in [2.24, 2.45) is 0 Å². The van der Waals surface area contributed by atoms with Crippen LogP contribution in [0.2, 0.25) is 0 Å². The van der Waals surface area contributed by atoms with Gasteiger partial charge in [-0.15, -0.1) is 0 Å². The summed E-state index contributed by atoms with van der Waals surface area (Å²) in [5, 5.41) is 0. The van der Waals surface area contributed by atoms with Crippen molar-refractivity contribution < 1.29 is 9.53 Å². The van der Waals surface area contributed by atoms with Crippen LogP contribution in [0.1, 0.15) is 43.1 Å². The summed E-state index contributed by atoms with van der Waals surface area (Å²) in [4.78, 5) is 12.2. The first-order valence-electron chi connectivity index (χ1n) is 6.11. The van der Waals surface area contributed by atoms with E-state index >= 15 is 0 Å². The Kier molecular flexibility index (Phi) is 5.27. The molecule has 0 heterocycles. The van der Waals surface area contributed by atoms with E-state index in [9.17, 15) is 4.79 Å². The van der Waals surface area contributed by atoms with E-state index in [0.717, 1.165) is 11.3 Å². The van der Waals surface area contributed by atoms with Crippen LogP contribution in [-0.4, -0.2) is 24.9 Å². The van der Waals surface area contributed by atoms with Gasteiger partial charge in [0.1, 0.15) is 5.75 Å². The SMILES string of the molecule is COc1ccc(C(C)(C)C)cc1C(=O)CCSC. The van der Waals surface area contributed by atoms with Crippen LogP contribution in [0, 0.1) is 0 Å². The Morgan fingerprint density at radius 1 is 1.33 bits per heavy atom. The zero-order chi connectivity index (χ0) is 13.8. The van der Waals surface area contributed by atoms with Gasteiger partial charge in [-0.3, -0.25) is 4.79 Å². The Hall–Kier alpha value is -0.960. The molecule has 0 saturated carbocycles. The van der Waals surface area contributed by atoms with Crippen LogP contribution in [0.15, 0.2) is 18.2 Å². The van der Waals surface area contributed by atoms with Crippen LogP contribution in [0.4, 0.5) is 0 Å². The minimum Gasteiger partial charge on any atom is -0.496 e. The fourth-order valence-corrected chi connectivity index (χ4v) is 2.11. The van der Waals surface area contributed by atoms with Crippen LogP contribution >= 0.6 is 11.8 Å². The van der Waals surface area contributed by atoms with E-state index in [1.54, 1.807) is 18.9 Å². The molecular weight excluding hydrogens is 244 g/mol. The minimum absolute atomic E-state index is 0.0425. The second-order valence-corrected chi connectivity index (χ2v) is 6.32. The van der Waals surface area contributed by atoms with Crippen LogP contribution in [0.25, 0.3) is 0 Å². The first-order valence-corrected chi connectivity index (χ1v) is 7.50. The monoisotopic (exact) mass is 266 g/mol. The largest absolute Gasteiger partial charge is 0.496 e. The van der Waals surface area contributed by atoms with E-state index in [1.165, 1.54) is 0 Å². The van der Waals surface area contributed by atoms with E-state index in [-0.39, 0.29) is 11.2 Å². The summed E-state index contributed by atoms with van der Waals surface area (Å²) in [6, 6.07) is 5.90. The van der Waals surface area contributed by atoms with Crippen molar-refractivity contribution in [1.82, 2.24) is 0 Å². The van der Waals surface area contributed by atoms with Crippen molar-refractivity contribution in [1.29, 1.82) is 0 Å². The summed E-state index contributed by atoms with van der Waals surface area (Å²) in [7, 11) is 1.61. The number of hydrogen-bond acceptors (Lipinski definition) is 3. The fourth-order valence-electron chi connectivity index (χ4n) is 1.72. The molecule has 0 spiro atoms. The highest BCUT2D eigenvalue weighted by Gasteiger charge is 2.18. The number of hydrogen-bond donors (Lipinski definition) is 0. The van der Waals surface area contributed by atoms with E-state index in [2.05, 4.69) is 20.8 Å². The normalized spacial score (nSPS) is 11.4. The molecule has 0 saturated heterocycles. The third-order valence-corrected chi connectivity index (χ3v) is 3.51. The highest BCUT2D eigenvalue weighted by Crippen LogP contribution is 2.28. The number of ketones is 1. The van der Waals surface area contributed by atoms with Crippen molar-refractivity contribution in [2.75, 3.05) is 19.1 Å². The van der Waals surface area contributed by atoms with Gasteiger partial charge in [0.25, 0.3) is 0 Å². The number of Topliss-reactive ketones (excluding diaryl/α,β-unsaturated/α-hetero) is 1. The van der Waals surface area contributed by atoms with Gasteiger partial charge in [0.15, 0.2) is 5.78 Å². The van der Waals surface area contributed by atoms with Crippen molar-refractivity contribution in [3.05, 3.63) is 29.3 Å². The maximum absolute atomic E-state index is 12.2. The topological polar surface area (TPSA) is 26.3 Å². The standard InChI is InChI=1S/C15H22O2S/c1-15(2,3)11-6-7-14(17-4)12(10-11)13(16)8-9-18-5/h6-7,10H,8-9H2,1-5H3. The van der Waals surface area contributed by atoms with Crippen molar-refractivity contribution >= 4 is 17.5 Å². The molecule has 1 aromatic rings. The van der Waals surface area contributed by atoms with Gasteiger partial charge in [-0.1, -0.05) is 26.8 Å². The predicted molar refractivity (Wildman–Crippen MR) is 79.0 cm³/mol. The van der Waals surface area contributed by atoms with Gasteiger partial charge in [-0.25, -0.2) is 0 Å². The number of carbonyl (C=O) groups excluding carboxylic acids is 1. The maximum Gasteiger partial charge on any atom is 0.167 e. The Morgan fingerprint density at radius 3 is 2.50 bits per heavy atom. The van der Waals surface area contributed by atoms with Crippen molar-refractivity contribution in [2.45, 2.75) is 32.6 Å². The van der Waals surface area contributed by atoms with E-state index in [1.807, 2.05) is 24.5 Å². The molecular formula is C15H22O2S. The molecule has 18 heavy (non-hydrogen) atoms.